The van der Waals surface area contributed by atoms with Crippen LogP contribution in [0, 0.1) is 12.3 Å². The Labute approximate surface area is 157 Å². The summed E-state index contributed by atoms with van der Waals surface area (Å²) >= 11 is 0. The molecule has 0 unspecified atom stereocenters. The molecule has 26 heavy (non-hydrogen) atoms. The predicted molar refractivity (Wildman–Crippen MR) is 105 cm³/mol. The number of rotatable bonds is 5. The van der Waals surface area contributed by atoms with Gasteiger partial charge in [-0.2, -0.15) is 4.98 Å². The van der Waals surface area contributed by atoms with Gasteiger partial charge in [0.1, 0.15) is 5.82 Å². The number of hydrogen-bond donors (Lipinski definition) is 1. The van der Waals surface area contributed by atoms with Gasteiger partial charge in [0.2, 0.25) is 5.95 Å². The maximum absolute atomic E-state index is 5.36. The highest BCUT2D eigenvalue weighted by atomic mass is 16.5. The zero-order chi connectivity index (χ0) is 18.0. The van der Waals surface area contributed by atoms with E-state index in [-0.39, 0.29) is 0 Å². The van der Waals surface area contributed by atoms with Gasteiger partial charge in [0.05, 0.1) is 13.2 Å². The van der Waals surface area contributed by atoms with Crippen LogP contribution < -0.4 is 15.1 Å². The molecule has 3 fully saturated rings. The average molecular weight is 360 g/mol. The van der Waals surface area contributed by atoms with Crippen LogP contribution in [0.1, 0.15) is 44.7 Å². The molecule has 0 bridgehead atoms. The summed E-state index contributed by atoms with van der Waals surface area (Å²) in [4.78, 5) is 14.4. The smallest absolute Gasteiger partial charge is 0.227 e. The lowest BCUT2D eigenvalue weighted by Crippen LogP contribution is -2.51. The summed E-state index contributed by atoms with van der Waals surface area (Å²) in [5.41, 5.74) is 1.43. The van der Waals surface area contributed by atoms with Crippen molar-refractivity contribution in [3.63, 3.8) is 0 Å². The number of nitrogens with zero attached hydrogens (tertiary/aromatic N) is 4. The monoisotopic (exact) mass is 359 g/mol. The summed E-state index contributed by atoms with van der Waals surface area (Å²) in [6.07, 6.45) is 6.21. The highest BCUT2D eigenvalue weighted by molar-refractivity contribution is 5.46. The number of aryl methyl sites for hydroxylation is 1. The molecule has 0 amide bonds. The van der Waals surface area contributed by atoms with E-state index in [1.807, 2.05) is 0 Å². The van der Waals surface area contributed by atoms with Crippen LogP contribution in [0.2, 0.25) is 0 Å². The molecule has 144 valence electrons. The van der Waals surface area contributed by atoms with Crippen LogP contribution in [0.3, 0.4) is 0 Å². The van der Waals surface area contributed by atoms with Gasteiger partial charge in [0, 0.05) is 55.9 Å². The van der Waals surface area contributed by atoms with E-state index in [1.54, 1.807) is 0 Å². The van der Waals surface area contributed by atoms with Gasteiger partial charge in [0.15, 0.2) is 0 Å². The molecular formula is C20H33N5O. The molecule has 0 radical (unpaired) electrons. The van der Waals surface area contributed by atoms with E-state index in [1.165, 1.54) is 32.1 Å². The van der Waals surface area contributed by atoms with Gasteiger partial charge < -0.3 is 19.9 Å². The van der Waals surface area contributed by atoms with E-state index < -0.39 is 0 Å². The van der Waals surface area contributed by atoms with Crippen LogP contribution in [-0.4, -0.2) is 61.9 Å². The fourth-order valence-electron chi connectivity index (χ4n) is 4.19. The molecule has 1 N–H and O–H groups in total. The molecule has 3 saturated heterocycles. The Bertz CT molecular complexity index is 604. The van der Waals surface area contributed by atoms with Crippen molar-refractivity contribution in [2.45, 2.75) is 52.0 Å². The standard InChI is InChI=1S/C20H33N5O/c1-16-12-18(23-19(22-16)25-8-4-3-5-9-25)24-10-6-17(7-11-24)21-13-20(2)14-26-15-20/h12,17,21H,3-11,13-15H2,1-2H3. The van der Waals surface area contributed by atoms with E-state index in [9.17, 15) is 0 Å². The lowest BCUT2D eigenvalue weighted by Gasteiger charge is -2.41. The van der Waals surface area contributed by atoms with Gasteiger partial charge in [-0.3, -0.25) is 0 Å². The first-order valence-electron chi connectivity index (χ1n) is 10.3. The molecule has 1 aromatic heterocycles. The summed E-state index contributed by atoms with van der Waals surface area (Å²) in [7, 11) is 0. The van der Waals surface area contributed by atoms with Gasteiger partial charge in [-0.1, -0.05) is 6.92 Å². The van der Waals surface area contributed by atoms with Gasteiger partial charge >= 0.3 is 0 Å². The van der Waals surface area contributed by atoms with E-state index in [0.717, 1.165) is 63.4 Å². The van der Waals surface area contributed by atoms with Crippen LogP contribution >= 0.6 is 0 Å². The minimum Gasteiger partial charge on any atom is -0.380 e. The van der Waals surface area contributed by atoms with Crippen molar-refractivity contribution < 1.29 is 4.74 Å². The summed E-state index contributed by atoms with van der Waals surface area (Å²) < 4.78 is 5.36. The Morgan fingerprint density at radius 2 is 1.81 bits per heavy atom. The maximum atomic E-state index is 5.36. The molecule has 4 rings (SSSR count). The first-order valence-corrected chi connectivity index (χ1v) is 10.3. The fraction of sp³-hybridized carbons (Fsp3) is 0.800. The molecule has 0 aromatic carbocycles. The van der Waals surface area contributed by atoms with Crippen LogP contribution in [0.5, 0.6) is 0 Å². The van der Waals surface area contributed by atoms with Crippen molar-refractivity contribution in [3.8, 4) is 0 Å². The van der Waals surface area contributed by atoms with Gasteiger partial charge in [-0.25, -0.2) is 4.98 Å². The van der Waals surface area contributed by atoms with Crippen molar-refractivity contribution in [2.75, 3.05) is 55.7 Å². The summed E-state index contributed by atoms with van der Waals surface area (Å²) in [6.45, 7) is 11.6. The molecule has 4 heterocycles. The first kappa shape index (κ1) is 18.0. The molecule has 0 saturated carbocycles. The number of piperidine rings is 2. The minimum absolute atomic E-state index is 0.351. The SMILES string of the molecule is Cc1cc(N2CCC(NCC3(C)COC3)CC2)nc(N2CCCCC2)n1. The third-order valence-electron chi connectivity index (χ3n) is 6.01. The largest absolute Gasteiger partial charge is 0.380 e. The normalized spacial score (nSPS) is 23.8. The quantitative estimate of drug-likeness (QED) is 0.871. The zero-order valence-electron chi connectivity index (χ0n) is 16.3. The molecule has 6 heteroatoms. The van der Waals surface area contributed by atoms with E-state index in [0.29, 0.717) is 11.5 Å². The average Bonchev–Trinajstić information content (AvgIpc) is 2.65. The Morgan fingerprint density at radius 3 is 2.46 bits per heavy atom. The van der Waals surface area contributed by atoms with E-state index in [4.69, 9.17) is 14.7 Å². The van der Waals surface area contributed by atoms with Crippen LogP contribution in [0.25, 0.3) is 0 Å². The van der Waals surface area contributed by atoms with Crippen molar-refractivity contribution in [2.24, 2.45) is 5.41 Å². The van der Waals surface area contributed by atoms with Crippen molar-refractivity contribution in [1.82, 2.24) is 15.3 Å². The molecule has 1 aromatic rings. The molecule has 0 atom stereocenters. The van der Waals surface area contributed by atoms with Crippen LogP contribution in [0.4, 0.5) is 11.8 Å². The summed E-state index contributed by atoms with van der Waals surface area (Å²) in [5.74, 6) is 2.04. The molecule has 3 aliphatic heterocycles. The van der Waals surface area contributed by atoms with Gasteiger partial charge in [-0.15, -0.1) is 0 Å². The number of hydrogen-bond acceptors (Lipinski definition) is 6. The lowest BCUT2D eigenvalue weighted by atomic mass is 9.88. The minimum atomic E-state index is 0.351. The molecule has 3 aliphatic rings. The number of aromatic nitrogens is 2. The highest BCUT2D eigenvalue weighted by Crippen LogP contribution is 2.27. The number of ether oxygens (including phenoxy) is 1. The predicted octanol–water partition coefficient (Wildman–Crippen LogP) is 2.37. The van der Waals surface area contributed by atoms with E-state index in [2.05, 4.69) is 35.0 Å². The topological polar surface area (TPSA) is 53.5 Å². The van der Waals surface area contributed by atoms with Gasteiger partial charge in [-0.05, 0) is 39.0 Å². The number of nitrogens with one attached hydrogen (secondary N) is 1. The van der Waals surface area contributed by atoms with Crippen LogP contribution in [0.15, 0.2) is 6.07 Å². The summed E-state index contributed by atoms with van der Waals surface area (Å²) in [6, 6.07) is 2.77. The molecule has 0 spiro atoms. The second-order valence-electron chi connectivity index (χ2n) is 8.66. The first-order chi connectivity index (χ1) is 12.6. The van der Waals surface area contributed by atoms with Crippen molar-refractivity contribution >= 4 is 11.8 Å². The number of anilines is 2. The van der Waals surface area contributed by atoms with Crippen LogP contribution in [-0.2, 0) is 4.74 Å². The Kier molecular flexibility index (Phi) is 5.32. The Hall–Kier alpha value is -1.40. The molecule has 6 nitrogen and oxygen atoms in total. The summed E-state index contributed by atoms with van der Waals surface area (Å²) in [5, 5.41) is 3.76. The zero-order valence-corrected chi connectivity index (χ0v) is 16.3. The second kappa shape index (κ2) is 7.69. The maximum Gasteiger partial charge on any atom is 0.227 e. The van der Waals surface area contributed by atoms with Crippen molar-refractivity contribution in [1.29, 1.82) is 0 Å². The van der Waals surface area contributed by atoms with Crippen molar-refractivity contribution in [3.05, 3.63) is 11.8 Å². The second-order valence-corrected chi connectivity index (χ2v) is 8.66. The highest BCUT2D eigenvalue weighted by Gasteiger charge is 2.34. The third-order valence-corrected chi connectivity index (χ3v) is 6.01. The molecular weight excluding hydrogens is 326 g/mol. The van der Waals surface area contributed by atoms with E-state index >= 15 is 0 Å². The molecule has 0 aliphatic carbocycles. The van der Waals surface area contributed by atoms with Gasteiger partial charge in [0.25, 0.3) is 0 Å². The Morgan fingerprint density at radius 1 is 1.08 bits per heavy atom. The Balaban J connectivity index is 1.34. The fourth-order valence-corrected chi connectivity index (χ4v) is 4.19. The lowest BCUT2D eigenvalue weighted by molar-refractivity contribution is -0.100. The third kappa shape index (κ3) is 4.12.